The highest BCUT2D eigenvalue weighted by Crippen LogP contribution is 2.13. The van der Waals surface area contributed by atoms with Gasteiger partial charge in [-0.05, 0) is 43.9 Å². The van der Waals surface area contributed by atoms with Crippen molar-refractivity contribution < 1.29 is 14.1 Å². The normalized spacial score (nSPS) is 11.4. The number of hydrogen-bond donors (Lipinski definition) is 0. The van der Waals surface area contributed by atoms with Crippen molar-refractivity contribution in [1.82, 2.24) is 15.1 Å². The van der Waals surface area contributed by atoms with Gasteiger partial charge in [-0.3, -0.25) is 0 Å². The van der Waals surface area contributed by atoms with Gasteiger partial charge in [0.05, 0.1) is 5.56 Å². The van der Waals surface area contributed by atoms with Gasteiger partial charge in [-0.15, -0.1) is 0 Å². The van der Waals surface area contributed by atoms with Gasteiger partial charge in [0.1, 0.15) is 23.8 Å². The molecule has 2 aromatic heterocycles. The second-order valence-corrected chi connectivity index (χ2v) is 7.13. The molecule has 0 saturated carbocycles. The van der Waals surface area contributed by atoms with E-state index < -0.39 is 0 Å². The van der Waals surface area contributed by atoms with E-state index in [-0.39, 0.29) is 18.4 Å². The predicted molar refractivity (Wildman–Crippen MR) is 108 cm³/mol. The van der Waals surface area contributed by atoms with Crippen LogP contribution in [0.1, 0.15) is 48.4 Å². The Kier molecular flexibility index (Phi) is 6.75. The lowest BCUT2D eigenvalue weighted by Crippen LogP contribution is -2.04. The van der Waals surface area contributed by atoms with E-state index in [0.717, 1.165) is 17.7 Å². The van der Waals surface area contributed by atoms with Gasteiger partial charge in [0.25, 0.3) is 0 Å². The number of carbonyl (C=O) groups is 1. The summed E-state index contributed by atoms with van der Waals surface area (Å²) in [6.07, 6.45) is 4.75. The van der Waals surface area contributed by atoms with Gasteiger partial charge in [0.2, 0.25) is 0 Å². The zero-order valence-electron chi connectivity index (χ0n) is 16.8. The van der Waals surface area contributed by atoms with E-state index in [1.807, 2.05) is 19.1 Å². The Bertz CT molecular complexity index is 1010. The van der Waals surface area contributed by atoms with E-state index in [2.05, 4.69) is 46.0 Å². The molecule has 0 saturated heterocycles. The average Bonchev–Trinajstić information content (AvgIpc) is 3.11. The van der Waals surface area contributed by atoms with Crippen molar-refractivity contribution in [2.24, 2.45) is 5.92 Å². The van der Waals surface area contributed by atoms with Gasteiger partial charge >= 0.3 is 6.01 Å². The van der Waals surface area contributed by atoms with Crippen LogP contribution in [0, 0.1) is 24.7 Å². The molecule has 6 nitrogen and oxygen atoms in total. The first-order valence-electron chi connectivity index (χ1n) is 9.45. The van der Waals surface area contributed by atoms with Crippen molar-refractivity contribution in [2.75, 3.05) is 0 Å². The number of rotatable bonds is 7. The number of hydrogen-bond acceptors (Lipinski definition) is 6. The lowest BCUT2D eigenvalue weighted by atomic mass is 9.96. The van der Waals surface area contributed by atoms with E-state index >= 15 is 0 Å². The minimum atomic E-state index is 0.229. The van der Waals surface area contributed by atoms with Crippen molar-refractivity contribution >= 4 is 5.78 Å². The molecular weight excluding hydrogens is 366 g/mol. The maximum absolute atomic E-state index is 11.2. The van der Waals surface area contributed by atoms with Crippen molar-refractivity contribution in [2.45, 2.75) is 40.2 Å². The molecule has 29 heavy (non-hydrogen) atoms. The highest BCUT2D eigenvalue weighted by atomic mass is 16.5. The molecule has 1 aromatic carbocycles. The molecular formula is C23H23N3O3. The molecule has 0 radical (unpaired) electrons. The predicted octanol–water partition coefficient (Wildman–Crippen LogP) is 3.91. The summed E-state index contributed by atoms with van der Waals surface area (Å²) in [5.41, 5.74) is 3.51. The first-order chi connectivity index (χ1) is 14.0. The van der Waals surface area contributed by atoms with Crippen LogP contribution in [0.3, 0.4) is 0 Å². The van der Waals surface area contributed by atoms with Gasteiger partial charge in [-0.25, -0.2) is 9.97 Å². The topological polar surface area (TPSA) is 78.1 Å². The fraction of sp³-hybridized carbons (Fsp3) is 0.304. The standard InChI is InChI=1S/C23H23N3O3/c1-16(10-17(2)27)11-20-7-4-19(5-8-20)6-9-21-13-24-23(25-14-21)28-15-22-12-18(3)29-26-22/h4-5,7-8,12-14,16H,10-11,15H2,1-3H3. The number of nitrogens with zero attached hydrogens (tertiary/aromatic N) is 3. The van der Waals surface area contributed by atoms with Crippen LogP contribution >= 0.6 is 0 Å². The summed E-state index contributed by atoms with van der Waals surface area (Å²) in [4.78, 5) is 19.5. The molecule has 0 aliphatic heterocycles. The molecule has 3 rings (SSSR count). The zero-order chi connectivity index (χ0) is 20.6. The summed E-state index contributed by atoms with van der Waals surface area (Å²) in [7, 11) is 0. The summed E-state index contributed by atoms with van der Waals surface area (Å²) < 4.78 is 10.5. The van der Waals surface area contributed by atoms with Crippen LogP contribution in [-0.2, 0) is 17.8 Å². The number of carbonyl (C=O) groups excluding carboxylic acids is 1. The Hall–Kier alpha value is -3.46. The minimum Gasteiger partial charge on any atom is -0.457 e. The van der Waals surface area contributed by atoms with Gasteiger partial charge in [-0.1, -0.05) is 36.1 Å². The third-order valence-electron chi connectivity index (χ3n) is 4.18. The summed E-state index contributed by atoms with van der Waals surface area (Å²) in [6.45, 7) is 5.80. The fourth-order valence-electron chi connectivity index (χ4n) is 2.91. The molecule has 0 fully saturated rings. The molecule has 0 bridgehead atoms. The molecule has 2 heterocycles. The van der Waals surface area contributed by atoms with Gasteiger partial charge in [0.15, 0.2) is 0 Å². The molecule has 1 unspecified atom stereocenters. The number of benzene rings is 1. The van der Waals surface area contributed by atoms with Crippen LogP contribution < -0.4 is 4.74 Å². The lowest BCUT2D eigenvalue weighted by molar-refractivity contribution is -0.117. The summed E-state index contributed by atoms with van der Waals surface area (Å²) >= 11 is 0. The second kappa shape index (κ2) is 9.65. The van der Waals surface area contributed by atoms with Crippen LogP contribution in [0.2, 0.25) is 0 Å². The van der Waals surface area contributed by atoms with Crippen LogP contribution in [0.15, 0.2) is 47.2 Å². The number of Topliss-reactive ketones (excluding diaryl/α,β-unsaturated/α-hetero) is 1. The quantitative estimate of drug-likeness (QED) is 0.570. The SMILES string of the molecule is CC(=O)CC(C)Cc1ccc(C#Cc2cnc(OCc3cc(C)on3)nc2)cc1. The molecule has 0 amide bonds. The van der Waals surface area contributed by atoms with Crippen LogP contribution in [-0.4, -0.2) is 20.9 Å². The first-order valence-corrected chi connectivity index (χ1v) is 9.45. The third kappa shape index (κ3) is 6.58. The lowest BCUT2D eigenvalue weighted by Gasteiger charge is -2.09. The molecule has 6 heteroatoms. The Morgan fingerprint density at radius 2 is 1.83 bits per heavy atom. The Morgan fingerprint density at radius 1 is 1.14 bits per heavy atom. The van der Waals surface area contributed by atoms with Crippen LogP contribution in [0.5, 0.6) is 6.01 Å². The Morgan fingerprint density at radius 3 is 2.45 bits per heavy atom. The zero-order valence-corrected chi connectivity index (χ0v) is 16.8. The number of ether oxygens (including phenoxy) is 1. The van der Waals surface area contributed by atoms with Crippen molar-refractivity contribution in [3.63, 3.8) is 0 Å². The van der Waals surface area contributed by atoms with Gasteiger partial charge in [-0.2, -0.15) is 0 Å². The fourth-order valence-corrected chi connectivity index (χ4v) is 2.91. The average molecular weight is 389 g/mol. The van der Waals surface area contributed by atoms with Crippen LogP contribution in [0.25, 0.3) is 0 Å². The minimum absolute atomic E-state index is 0.229. The third-order valence-corrected chi connectivity index (χ3v) is 4.18. The Labute approximate surface area is 170 Å². The van der Waals surface area contributed by atoms with E-state index in [0.29, 0.717) is 23.6 Å². The largest absolute Gasteiger partial charge is 0.457 e. The first kappa shape index (κ1) is 20.3. The molecule has 0 aliphatic carbocycles. The molecule has 0 spiro atoms. The number of aromatic nitrogens is 3. The van der Waals surface area contributed by atoms with Gasteiger partial charge in [0, 0.05) is 30.4 Å². The van der Waals surface area contributed by atoms with Gasteiger partial charge < -0.3 is 14.1 Å². The highest BCUT2D eigenvalue weighted by molar-refractivity contribution is 5.75. The summed E-state index contributed by atoms with van der Waals surface area (Å²) in [6, 6.07) is 10.1. The van der Waals surface area contributed by atoms with E-state index in [1.165, 1.54) is 5.56 Å². The molecule has 0 N–H and O–H groups in total. The van der Waals surface area contributed by atoms with Crippen LogP contribution in [0.4, 0.5) is 0 Å². The highest BCUT2D eigenvalue weighted by Gasteiger charge is 2.06. The van der Waals surface area contributed by atoms with E-state index in [1.54, 1.807) is 25.4 Å². The maximum Gasteiger partial charge on any atom is 0.316 e. The monoisotopic (exact) mass is 389 g/mol. The van der Waals surface area contributed by atoms with E-state index in [9.17, 15) is 4.79 Å². The number of ketones is 1. The smallest absolute Gasteiger partial charge is 0.316 e. The summed E-state index contributed by atoms with van der Waals surface area (Å²) in [5, 5.41) is 3.85. The Balaban J connectivity index is 1.54. The molecule has 0 aliphatic rings. The second-order valence-electron chi connectivity index (χ2n) is 7.13. The molecule has 148 valence electrons. The molecule has 1 atom stereocenters. The van der Waals surface area contributed by atoms with E-state index in [4.69, 9.17) is 9.26 Å². The van der Waals surface area contributed by atoms with Crippen molar-refractivity contribution in [3.8, 4) is 17.9 Å². The summed E-state index contributed by atoms with van der Waals surface area (Å²) in [5.74, 6) is 7.46. The number of aryl methyl sites for hydroxylation is 1. The maximum atomic E-state index is 11.2. The van der Waals surface area contributed by atoms with Crippen molar-refractivity contribution in [1.29, 1.82) is 0 Å². The van der Waals surface area contributed by atoms with Crippen molar-refractivity contribution in [3.05, 3.63) is 70.9 Å². The molecule has 3 aromatic rings.